The van der Waals surface area contributed by atoms with Gasteiger partial charge in [-0.1, -0.05) is 13.8 Å². The molecule has 0 bridgehead atoms. The molecule has 0 aromatic rings. The van der Waals surface area contributed by atoms with E-state index in [1.165, 1.54) is 25.7 Å². The van der Waals surface area contributed by atoms with Crippen LogP contribution in [0.15, 0.2) is 0 Å². The first-order valence-electron chi connectivity index (χ1n) is 7.55. The molecule has 1 saturated heterocycles. The van der Waals surface area contributed by atoms with Gasteiger partial charge >= 0.3 is 0 Å². The van der Waals surface area contributed by atoms with Crippen molar-refractivity contribution in [2.45, 2.75) is 52.4 Å². The SMILES string of the molecule is CC1(C)CCC(CNC(=O)C2CCNCC2)CC1.Cl. The molecule has 112 valence electrons. The van der Waals surface area contributed by atoms with Crippen LogP contribution >= 0.6 is 12.4 Å². The number of piperidine rings is 1. The number of hydrogen-bond acceptors (Lipinski definition) is 2. The van der Waals surface area contributed by atoms with Gasteiger partial charge in [-0.15, -0.1) is 12.4 Å². The highest BCUT2D eigenvalue weighted by atomic mass is 35.5. The van der Waals surface area contributed by atoms with Crippen LogP contribution in [0.3, 0.4) is 0 Å². The standard InChI is InChI=1S/C15H28N2O.ClH/c1-15(2)7-3-12(4-8-15)11-17-14(18)13-5-9-16-10-6-13;/h12-13,16H,3-11H2,1-2H3,(H,17,18);1H. The Balaban J connectivity index is 0.00000180. The molecule has 2 rings (SSSR count). The highest BCUT2D eigenvalue weighted by Gasteiger charge is 2.27. The van der Waals surface area contributed by atoms with Crippen LogP contribution in [0.1, 0.15) is 52.4 Å². The van der Waals surface area contributed by atoms with Crippen LogP contribution in [0.2, 0.25) is 0 Å². The Morgan fingerprint density at radius 2 is 1.74 bits per heavy atom. The molecular formula is C15H29ClN2O. The third-order valence-electron chi connectivity index (χ3n) is 4.73. The molecule has 2 N–H and O–H groups in total. The van der Waals surface area contributed by atoms with Crippen LogP contribution in [-0.2, 0) is 4.79 Å². The highest BCUT2D eigenvalue weighted by molar-refractivity contribution is 5.85. The number of carbonyl (C=O) groups excluding carboxylic acids is 1. The third kappa shape index (κ3) is 5.31. The monoisotopic (exact) mass is 288 g/mol. The average molecular weight is 289 g/mol. The second-order valence-corrected chi connectivity index (χ2v) is 6.88. The Morgan fingerprint density at radius 3 is 2.32 bits per heavy atom. The molecule has 0 aromatic carbocycles. The number of amides is 1. The summed E-state index contributed by atoms with van der Waals surface area (Å²) >= 11 is 0. The van der Waals surface area contributed by atoms with Crippen molar-refractivity contribution in [3.63, 3.8) is 0 Å². The fraction of sp³-hybridized carbons (Fsp3) is 0.933. The van der Waals surface area contributed by atoms with Gasteiger partial charge in [-0.3, -0.25) is 4.79 Å². The maximum absolute atomic E-state index is 12.0. The summed E-state index contributed by atoms with van der Waals surface area (Å²) in [6.45, 7) is 7.61. The van der Waals surface area contributed by atoms with E-state index >= 15 is 0 Å². The van der Waals surface area contributed by atoms with Crippen LogP contribution < -0.4 is 10.6 Å². The Hall–Kier alpha value is -0.280. The van der Waals surface area contributed by atoms with Gasteiger partial charge in [0.15, 0.2) is 0 Å². The van der Waals surface area contributed by atoms with Gasteiger partial charge in [0, 0.05) is 12.5 Å². The minimum Gasteiger partial charge on any atom is -0.356 e. The molecule has 0 radical (unpaired) electrons. The van der Waals surface area contributed by atoms with Crippen molar-refractivity contribution in [1.82, 2.24) is 10.6 Å². The normalized spacial score (nSPS) is 24.5. The molecule has 0 spiro atoms. The zero-order valence-electron chi connectivity index (χ0n) is 12.3. The van der Waals surface area contributed by atoms with Crippen molar-refractivity contribution in [2.24, 2.45) is 17.3 Å². The maximum atomic E-state index is 12.0. The van der Waals surface area contributed by atoms with Crippen molar-refractivity contribution in [2.75, 3.05) is 19.6 Å². The largest absolute Gasteiger partial charge is 0.356 e. The molecule has 2 fully saturated rings. The minimum atomic E-state index is 0. The smallest absolute Gasteiger partial charge is 0.223 e. The first-order chi connectivity index (χ1) is 8.57. The summed E-state index contributed by atoms with van der Waals surface area (Å²) in [5, 5.41) is 6.49. The second kappa shape index (κ2) is 7.49. The molecule has 0 atom stereocenters. The van der Waals surface area contributed by atoms with E-state index in [1.54, 1.807) is 0 Å². The summed E-state index contributed by atoms with van der Waals surface area (Å²) < 4.78 is 0. The lowest BCUT2D eigenvalue weighted by molar-refractivity contribution is -0.126. The molecule has 19 heavy (non-hydrogen) atoms. The predicted molar refractivity (Wildman–Crippen MR) is 81.6 cm³/mol. The van der Waals surface area contributed by atoms with Gasteiger partial charge in [-0.05, 0) is 62.9 Å². The molecule has 0 unspecified atom stereocenters. The van der Waals surface area contributed by atoms with E-state index in [-0.39, 0.29) is 18.3 Å². The number of hydrogen-bond donors (Lipinski definition) is 2. The predicted octanol–water partition coefficient (Wildman–Crippen LogP) is 2.74. The lowest BCUT2D eigenvalue weighted by Gasteiger charge is -2.34. The summed E-state index contributed by atoms with van der Waals surface area (Å²) in [6.07, 6.45) is 7.17. The number of halogens is 1. The van der Waals surface area contributed by atoms with Crippen molar-refractivity contribution in [3.8, 4) is 0 Å². The summed E-state index contributed by atoms with van der Waals surface area (Å²) in [4.78, 5) is 12.0. The molecule has 1 saturated carbocycles. The Morgan fingerprint density at radius 1 is 1.16 bits per heavy atom. The zero-order valence-corrected chi connectivity index (χ0v) is 13.2. The number of rotatable bonds is 3. The quantitative estimate of drug-likeness (QED) is 0.838. The molecule has 3 nitrogen and oxygen atoms in total. The summed E-state index contributed by atoms with van der Waals surface area (Å²) in [6, 6.07) is 0. The summed E-state index contributed by atoms with van der Waals surface area (Å²) in [5.41, 5.74) is 0.523. The first-order valence-corrected chi connectivity index (χ1v) is 7.55. The fourth-order valence-electron chi connectivity index (χ4n) is 3.14. The lowest BCUT2D eigenvalue weighted by Crippen LogP contribution is -2.40. The van der Waals surface area contributed by atoms with Gasteiger partial charge in [-0.25, -0.2) is 0 Å². The molecular weight excluding hydrogens is 260 g/mol. The highest BCUT2D eigenvalue weighted by Crippen LogP contribution is 2.37. The number of carbonyl (C=O) groups is 1. The average Bonchev–Trinajstić information content (AvgIpc) is 2.38. The molecule has 0 aromatic heterocycles. The van der Waals surface area contributed by atoms with Gasteiger partial charge in [0.25, 0.3) is 0 Å². The first kappa shape index (κ1) is 16.8. The number of nitrogens with one attached hydrogen (secondary N) is 2. The van der Waals surface area contributed by atoms with Crippen LogP contribution in [0.25, 0.3) is 0 Å². The minimum absolute atomic E-state index is 0. The van der Waals surface area contributed by atoms with Crippen molar-refractivity contribution < 1.29 is 4.79 Å². The van der Waals surface area contributed by atoms with E-state index in [4.69, 9.17) is 0 Å². The summed E-state index contributed by atoms with van der Waals surface area (Å²) in [7, 11) is 0. The van der Waals surface area contributed by atoms with Gasteiger partial charge in [0.2, 0.25) is 5.91 Å². The molecule has 1 aliphatic carbocycles. The van der Waals surface area contributed by atoms with Gasteiger partial charge in [-0.2, -0.15) is 0 Å². The fourth-order valence-corrected chi connectivity index (χ4v) is 3.14. The molecule has 4 heteroatoms. The van der Waals surface area contributed by atoms with Crippen LogP contribution in [-0.4, -0.2) is 25.5 Å². The molecule has 1 aliphatic heterocycles. The van der Waals surface area contributed by atoms with E-state index < -0.39 is 0 Å². The molecule has 1 heterocycles. The Kier molecular flexibility index (Phi) is 6.61. The maximum Gasteiger partial charge on any atom is 0.223 e. The third-order valence-corrected chi connectivity index (χ3v) is 4.73. The zero-order chi connectivity index (χ0) is 13.0. The lowest BCUT2D eigenvalue weighted by atomic mass is 9.73. The Bertz CT molecular complexity index is 278. The van der Waals surface area contributed by atoms with Gasteiger partial charge < -0.3 is 10.6 Å². The van der Waals surface area contributed by atoms with Crippen LogP contribution in [0, 0.1) is 17.3 Å². The van der Waals surface area contributed by atoms with E-state index in [2.05, 4.69) is 24.5 Å². The second-order valence-electron chi connectivity index (χ2n) is 6.88. The summed E-state index contributed by atoms with van der Waals surface area (Å²) in [5.74, 6) is 1.26. The molecule has 2 aliphatic rings. The van der Waals surface area contributed by atoms with Gasteiger partial charge in [0.05, 0.1) is 0 Å². The topological polar surface area (TPSA) is 41.1 Å². The van der Waals surface area contributed by atoms with Crippen molar-refractivity contribution in [3.05, 3.63) is 0 Å². The van der Waals surface area contributed by atoms with E-state index in [0.717, 1.165) is 32.5 Å². The van der Waals surface area contributed by atoms with Crippen LogP contribution in [0.4, 0.5) is 0 Å². The van der Waals surface area contributed by atoms with Crippen molar-refractivity contribution in [1.29, 1.82) is 0 Å². The Labute approximate surface area is 123 Å². The van der Waals surface area contributed by atoms with E-state index in [1.807, 2.05) is 0 Å². The van der Waals surface area contributed by atoms with Crippen LogP contribution in [0.5, 0.6) is 0 Å². The van der Waals surface area contributed by atoms with E-state index in [9.17, 15) is 4.79 Å². The van der Waals surface area contributed by atoms with Gasteiger partial charge in [0.1, 0.15) is 0 Å². The van der Waals surface area contributed by atoms with Crippen molar-refractivity contribution >= 4 is 18.3 Å². The molecule has 1 amide bonds. The van der Waals surface area contributed by atoms with E-state index in [0.29, 0.717) is 17.2 Å².